The maximum Gasteiger partial charge on any atom is 0.146 e. The van der Waals surface area contributed by atoms with Crippen molar-refractivity contribution in [3.05, 3.63) is 41.5 Å². The summed E-state index contributed by atoms with van der Waals surface area (Å²) in [5, 5.41) is 19.7. The van der Waals surface area contributed by atoms with Gasteiger partial charge in [0.15, 0.2) is 0 Å². The number of nitrogens with one attached hydrogen (secondary N) is 1. The van der Waals surface area contributed by atoms with Crippen LogP contribution in [0, 0.1) is 12.7 Å². The number of para-hydroxylation sites is 1. The third-order valence-corrected chi connectivity index (χ3v) is 2.80. The topological polar surface area (TPSA) is 63.0 Å². The smallest absolute Gasteiger partial charge is 0.146 e. The number of aliphatic hydroxyl groups is 1. The Hall–Kier alpha value is -1.95. The van der Waals surface area contributed by atoms with Crippen molar-refractivity contribution in [3.63, 3.8) is 0 Å². The van der Waals surface area contributed by atoms with Crippen molar-refractivity contribution in [1.82, 2.24) is 15.0 Å². The molecule has 1 aromatic heterocycles. The zero-order chi connectivity index (χ0) is 13.7. The minimum Gasteiger partial charge on any atom is -0.396 e. The Labute approximate surface area is 111 Å². The molecule has 0 spiro atoms. The molecule has 6 heteroatoms. The van der Waals surface area contributed by atoms with Gasteiger partial charge in [0.1, 0.15) is 11.5 Å². The van der Waals surface area contributed by atoms with Crippen molar-refractivity contribution in [1.29, 1.82) is 0 Å². The van der Waals surface area contributed by atoms with E-state index in [-0.39, 0.29) is 12.4 Å². The molecule has 0 aliphatic heterocycles. The number of hydrogen-bond acceptors (Lipinski definition) is 4. The molecular formula is C13H17FN4O. The summed E-state index contributed by atoms with van der Waals surface area (Å²) in [5.41, 5.74) is 2.08. The Morgan fingerprint density at radius 3 is 3.00 bits per heavy atom. The molecule has 0 saturated carbocycles. The molecule has 102 valence electrons. The van der Waals surface area contributed by atoms with Crippen molar-refractivity contribution in [2.24, 2.45) is 0 Å². The molecule has 2 N–H and O–H groups in total. The van der Waals surface area contributed by atoms with E-state index in [9.17, 15) is 4.39 Å². The zero-order valence-electron chi connectivity index (χ0n) is 10.8. The fraction of sp³-hybridized carbons (Fsp3) is 0.385. The van der Waals surface area contributed by atoms with Crippen molar-refractivity contribution < 1.29 is 9.50 Å². The number of aryl methyl sites for hydroxylation is 2. The normalized spacial score (nSPS) is 10.7. The molecule has 2 aromatic rings. The first kappa shape index (κ1) is 13.5. The molecule has 5 nitrogen and oxygen atoms in total. The minimum atomic E-state index is -0.271. The molecule has 0 radical (unpaired) electrons. The molecule has 0 atom stereocenters. The van der Waals surface area contributed by atoms with Gasteiger partial charge in [0.2, 0.25) is 0 Å². The van der Waals surface area contributed by atoms with E-state index in [2.05, 4.69) is 15.6 Å². The van der Waals surface area contributed by atoms with Gasteiger partial charge in [0, 0.05) is 13.2 Å². The fourth-order valence-corrected chi connectivity index (χ4v) is 1.80. The highest BCUT2D eigenvalue weighted by Crippen LogP contribution is 2.19. The van der Waals surface area contributed by atoms with Crippen molar-refractivity contribution >= 4 is 5.69 Å². The third-order valence-electron chi connectivity index (χ3n) is 2.80. The second-order valence-electron chi connectivity index (χ2n) is 4.34. The maximum atomic E-state index is 13.6. The molecular weight excluding hydrogens is 247 g/mol. The van der Waals surface area contributed by atoms with Gasteiger partial charge in [-0.05, 0) is 25.0 Å². The molecule has 0 aliphatic rings. The minimum absolute atomic E-state index is 0.127. The van der Waals surface area contributed by atoms with E-state index >= 15 is 0 Å². The third kappa shape index (κ3) is 3.51. The number of hydrogen-bond donors (Lipinski definition) is 2. The van der Waals surface area contributed by atoms with Gasteiger partial charge in [-0.1, -0.05) is 17.3 Å². The lowest BCUT2D eigenvalue weighted by molar-refractivity contribution is 0.276. The first-order valence-electron chi connectivity index (χ1n) is 6.19. The van der Waals surface area contributed by atoms with Crippen LogP contribution in [0.4, 0.5) is 10.1 Å². The standard InChI is InChI=1S/C13H17FN4O/c1-10-4-2-5-12(14)13(10)15-8-11-9-18(17-16-11)6-3-7-19/h2,4-5,9,15,19H,3,6-8H2,1H3. The second-order valence-corrected chi connectivity index (χ2v) is 4.34. The Morgan fingerprint density at radius 2 is 2.26 bits per heavy atom. The van der Waals surface area contributed by atoms with Crippen LogP contribution in [0.2, 0.25) is 0 Å². The van der Waals surface area contributed by atoms with E-state index in [1.54, 1.807) is 16.9 Å². The summed E-state index contributed by atoms with van der Waals surface area (Å²) in [6.45, 7) is 3.02. The molecule has 2 rings (SSSR count). The van der Waals surface area contributed by atoms with Gasteiger partial charge >= 0.3 is 0 Å². The summed E-state index contributed by atoms with van der Waals surface area (Å²) < 4.78 is 15.3. The Morgan fingerprint density at radius 1 is 1.42 bits per heavy atom. The van der Waals surface area contributed by atoms with Crippen molar-refractivity contribution in [3.8, 4) is 0 Å². The number of anilines is 1. The summed E-state index contributed by atoms with van der Waals surface area (Å²) in [7, 11) is 0. The van der Waals surface area contributed by atoms with E-state index in [1.165, 1.54) is 6.07 Å². The lowest BCUT2D eigenvalue weighted by Gasteiger charge is -2.08. The van der Waals surface area contributed by atoms with Crippen LogP contribution in [0.1, 0.15) is 17.7 Å². The average molecular weight is 264 g/mol. The summed E-state index contributed by atoms with van der Waals surface area (Å²) in [5.74, 6) is -0.271. The highest BCUT2D eigenvalue weighted by molar-refractivity contribution is 5.51. The number of aromatic nitrogens is 3. The quantitative estimate of drug-likeness (QED) is 0.834. The lowest BCUT2D eigenvalue weighted by atomic mass is 10.2. The molecule has 0 bridgehead atoms. The fourth-order valence-electron chi connectivity index (χ4n) is 1.80. The van der Waals surface area contributed by atoms with E-state index < -0.39 is 0 Å². The Bertz CT molecular complexity index is 521. The molecule has 19 heavy (non-hydrogen) atoms. The number of benzene rings is 1. The SMILES string of the molecule is Cc1cccc(F)c1NCc1cn(CCCO)nn1. The van der Waals surface area contributed by atoms with Crippen molar-refractivity contribution in [2.75, 3.05) is 11.9 Å². The van der Waals surface area contributed by atoms with E-state index in [0.29, 0.717) is 25.2 Å². The summed E-state index contributed by atoms with van der Waals surface area (Å²) in [6, 6.07) is 4.96. The van der Waals surface area contributed by atoms with Crippen LogP contribution in [-0.4, -0.2) is 26.7 Å². The molecule has 0 aliphatic carbocycles. The first-order valence-corrected chi connectivity index (χ1v) is 6.19. The highest BCUT2D eigenvalue weighted by Gasteiger charge is 2.06. The molecule has 1 aromatic carbocycles. The Balaban J connectivity index is 1.97. The molecule has 0 saturated heterocycles. The van der Waals surface area contributed by atoms with E-state index in [4.69, 9.17) is 5.11 Å². The predicted octanol–water partition coefficient (Wildman–Crippen LogP) is 1.72. The van der Waals surface area contributed by atoms with Crippen LogP contribution in [0.3, 0.4) is 0 Å². The molecule has 0 fully saturated rings. The van der Waals surface area contributed by atoms with Gasteiger partial charge in [0.05, 0.1) is 18.4 Å². The van der Waals surface area contributed by atoms with Gasteiger partial charge in [-0.2, -0.15) is 0 Å². The summed E-state index contributed by atoms with van der Waals surface area (Å²) in [4.78, 5) is 0. The van der Waals surface area contributed by atoms with Gasteiger partial charge in [-0.3, -0.25) is 4.68 Å². The Kier molecular flexibility index (Phi) is 4.46. The van der Waals surface area contributed by atoms with E-state index in [0.717, 1.165) is 11.3 Å². The summed E-state index contributed by atoms with van der Waals surface area (Å²) >= 11 is 0. The maximum absolute atomic E-state index is 13.6. The molecule has 1 heterocycles. The lowest BCUT2D eigenvalue weighted by Crippen LogP contribution is -2.03. The van der Waals surface area contributed by atoms with E-state index in [1.807, 2.05) is 13.0 Å². The number of nitrogens with zero attached hydrogens (tertiary/aromatic N) is 3. The van der Waals surface area contributed by atoms with Gasteiger partial charge in [-0.15, -0.1) is 5.10 Å². The van der Waals surface area contributed by atoms with Gasteiger partial charge in [0.25, 0.3) is 0 Å². The van der Waals surface area contributed by atoms with Crippen LogP contribution in [0.25, 0.3) is 0 Å². The van der Waals surface area contributed by atoms with Gasteiger partial charge < -0.3 is 10.4 Å². The zero-order valence-corrected chi connectivity index (χ0v) is 10.8. The molecule has 0 unspecified atom stereocenters. The summed E-state index contributed by atoms with van der Waals surface area (Å²) in [6.07, 6.45) is 2.43. The number of rotatable bonds is 6. The van der Waals surface area contributed by atoms with Crippen LogP contribution < -0.4 is 5.32 Å². The average Bonchev–Trinajstić information content (AvgIpc) is 2.84. The van der Waals surface area contributed by atoms with Crippen LogP contribution in [0.5, 0.6) is 0 Å². The van der Waals surface area contributed by atoms with Gasteiger partial charge in [-0.25, -0.2) is 4.39 Å². The predicted molar refractivity (Wildman–Crippen MR) is 70.2 cm³/mol. The number of halogens is 1. The van der Waals surface area contributed by atoms with Crippen LogP contribution >= 0.6 is 0 Å². The monoisotopic (exact) mass is 264 g/mol. The van der Waals surface area contributed by atoms with Crippen molar-refractivity contribution in [2.45, 2.75) is 26.4 Å². The number of aliphatic hydroxyl groups excluding tert-OH is 1. The first-order chi connectivity index (χ1) is 9.20. The van der Waals surface area contributed by atoms with Crippen LogP contribution in [0.15, 0.2) is 24.4 Å². The molecule has 0 amide bonds. The largest absolute Gasteiger partial charge is 0.396 e. The second kappa shape index (κ2) is 6.29. The highest BCUT2D eigenvalue weighted by atomic mass is 19.1. The van der Waals surface area contributed by atoms with Crippen LogP contribution in [-0.2, 0) is 13.1 Å².